The molecule has 5 rings (SSSR count). The van der Waals surface area contributed by atoms with Crippen LogP contribution in [0.1, 0.15) is 34.6 Å². The normalized spacial score (nSPS) is 14.6. The van der Waals surface area contributed by atoms with E-state index >= 15 is 0 Å². The average molecular weight is 629 g/mol. The molecule has 1 saturated heterocycles. The van der Waals surface area contributed by atoms with Crippen molar-refractivity contribution in [2.45, 2.75) is 19.9 Å². The van der Waals surface area contributed by atoms with Crippen molar-refractivity contribution in [3.05, 3.63) is 80.7 Å². The summed E-state index contributed by atoms with van der Waals surface area (Å²) in [7, 11) is -2.16. The molecule has 2 N–H and O–H groups in total. The van der Waals surface area contributed by atoms with Gasteiger partial charge in [-0.05, 0) is 49.7 Å². The van der Waals surface area contributed by atoms with Crippen molar-refractivity contribution in [2.24, 2.45) is 7.05 Å². The molecule has 4 aromatic rings. The number of carbonyl (C=O) groups excluding carboxylic acids is 1. The number of amides is 1. The second-order valence-electron chi connectivity index (χ2n) is 10.4. The second-order valence-corrected chi connectivity index (χ2v) is 12.6. The van der Waals surface area contributed by atoms with Gasteiger partial charge >= 0.3 is 0 Å². The highest BCUT2D eigenvalue weighted by Crippen LogP contribution is 2.29. The third-order valence-corrected chi connectivity index (χ3v) is 7.89. The zero-order valence-corrected chi connectivity index (χ0v) is 25.5. The molecule has 1 atom stereocenters. The van der Waals surface area contributed by atoms with Gasteiger partial charge in [0.05, 0.1) is 35.1 Å². The number of carbonyl (C=O) groups is 1. The number of aryl methyl sites for hydroxylation is 1. The maximum absolute atomic E-state index is 13.6. The second kappa shape index (κ2) is 11.8. The number of anilines is 3. The lowest BCUT2D eigenvalue weighted by atomic mass is 10.0. The summed E-state index contributed by atoms with van der Waals surface area (Å²) in [5.74, 6) is -0.144. The van der Waals surface area contributed by atoms with Gasteiger partial charge in [-0.1, -0.05) is 17.7 Å². The smallest absolute Gasteiger partial charge is 0.285 e. The monoisotopic (exact) mass is 628 g/mol. The first-order valence-corrected chi connectivity index (χ1v) is 15.7. The Morgan fingerprint density at radius 1 is 1.07 bits per heavy atom. The lowest BCUT2D eigenvalue weighted by molar-refractivity contribution is 0.0977. The van der Waals surface area contributed by atoms with Gasteiger partial charge in [-0.25, -0.2) is 32.5 Å². The van der Waals surface area contributed by atoms with Gasteiger partial charge in [-0.3, -0.25) is 14.2 Å². The summed E-state index contributed by atoms with van der Waals surface area (Å²) in [6.45, 7) is 6.05. The summed E-state index contributed by atoms with van der Waals surface area (Å²) in [6, 6.07) is 9.26. The van der Waals surface area contributed by atoms with E-state index in [1.54, 1.807) is 19.2 Å². The van der Waals surface area contributed by atoms with E-state index < -0.39 is 27.8 Å². The van der Waals surface area contributed by atoms with Crippen molar-refractivity contribution in [3.63, 3.8) is 0 Å². The number of nitrogens with one attached hydrogen (secondary N) is 2. The molecule has 4 heterocycles. The van der Waals surface area contributed by atoms with E-state index in [0.29, 0.717) is 54.4 Å². The standard InChI is InChI=1S/C28H30ClFN8O4S/c1-16-13-19(17(2)32-21-6-7-22(29)33-25(21)26(39)35-43(4,41)42)24-20(14-16)27(40)36(3)28(34-24)38-11-9-37(10-12-38)23-8-5-18(30)15-31-23/h5-8,13-15,17,32H,9-12H2,1-4H3,(H,35,39)/t17-/m1/s1. The molecule has 0 saturated carbocycles. The molecule has 0 radical (unpaired) electrons. The number of pyridine rings is 2. The number of benzene rings is 1. The fourth-order valence-corrected chi connectivity index (χ4v) is 5.68. The van der Waals surface area contributed by atoms with Crippen molar-refractivity contribution in [1.29, 1.82) is 0 Å². The number of sulfonamides is 1. The molecule has 0 spiro atoms. The van der Waals surface area contributed by atoms with Gasteiger partial charge in [-0.15, -0.1) is 0 Å². The molecule has 1 aliphatic rings. The molecule has 1 fully saturated rings. The Morgan fingerprint density at radius 3 is 2.42 bits per heavy atom. The van der Waals surface area contributed by atoms with Crippen LogP contribution in [0.25, 0.3) is 10.9 Å². The van der Waals surface area contributed by atoms with E-state index in [0.717, 1.165) is 11.8 Å². The molecular weight excluding hydrogens is 599 g/mol. The summed E-state index contributed by atoms with van der Waals surface area (Å²) in [5.41, 5.74) is 1.89. The summed E-state index contributed by atoms with van der Waals surface area (Å²) < 4.78 is 40.2. The molecule has 3 aromatic heterocycles. The van der Waals surface area contributed by atoms with Crippen LogP contribution in [0.3, 0.4) is 0 Å². The average Bonchev–Trinajstić information content (AvgIpc) is 2.95. The SMILES string of the molecule is Cc1cc([C@@H](C)Nc2ccc(Cl)nc2C(=O)NS(C)(=O)=O)c2nc(N3CCN(c4ccc(F)cn4)CC3)n(C)c(=O)c2c1. The fourth-order valence-electron chi connectivity index (χ4n) is 5.10. The maximum Gasteiger partial charge on any atom is 0.285 e. The minimum atomic E-state index is -3.85. The first-order chi connectivity index (χ1) is 20.3. The van der Waals surface area contributed by atoms with Crippen LogP contribution in [-0.2, 0) is 17.1 Å². The Kier molecular flexibility index (Phi) is 8.25. The molecule has 15 heteroatoms. The molecule has 12 nitrogen and oxygen atoms in total. The first-order valence-electron chi connectivity index (χ1n) is 13.4. The topological polar surface area (TPSA) is 142 Å². The summed E-state index contributed by atoms with van der Waals surface area (Å²) in [6.07, 6.45) is 2.06. The van der Waals surface area contributed by atoms with Crippen LogP contribution in [0.15, 0.2) is 47.4 Å². The van der Waals surface area contributed by atoms with E-state index in [9.17, 15) is 22.4 Å². The molecule has 226 valence electrons. The number of rotatable bonds is 7. The third-order valence-electron chi connectivity index (χ3n) is 7.12. The molecule has 0 unspecified atom stereocenters. The highest BCUT2D eigenvalue weighted by atomic mass is 35.5. The van der Waals surface area contributed by atoms with Crippen LogP contribution in [-0.4, -0.2) is 66.3 Å². The number of nitrogens with zero attached hydrogens (tertiary/aromatic N) is 6. The van der Waals surface area contributed by atoms with Crippen LogP contribution >= 0.6 is 11.6 Å². The van der Waals surface area contributed by atoms with E-state index in [2.05, 4.69) is 15.3 Å². The van der Waals surface area contributed by atoms with Gasteiger partial charge in [-0.2, -0.15) is 0 Å². The van der Waals surface area contributed by atoms with E-state index in [1.165, 1.54) is 29.0 Å². The number of hydrogen-bond donors (Lipinski definition) is 2. The highest BCUT2D eigenvalue weighted by molar-refractivity contribution is 7.89. The molecule has 1 amide bonds. The van der Waals surface area contributed by atoms with Gasteiger partial charge in [0.15, 0.2) is 5.69 Å². The number of aromatic nitrogens is 4. The number of fused-ring (bicyclic) bond motifs is 1. The summed E-state index contributed by atoms with van der Waals surface area (Å²) in [5, 5.41) is 3.68. The van der Waals surface area contributed by atoms with Gasteiger partial charge < -0.3 is 15.1 Å². The van der Waals surface area contributed by atoms with Crippen molar-refractivity contribution in [2.75, 3.05) is 47.6 Å². The molecular formula is C28H30ClFN8O4S. The quantitative estimate of drug-likeness (QED) is 0.293. The van der Waals surface area contributed by atoms with Gasteiger partial charge in [0.1, 0.15) is 16.8 Å². The van der Waals surface area contributed by atoms with Gasteiger partial charge in [0, 0.05) is 38.8 Å². The Labute approximate surface area is 252 Å². The molecule has 43 heavy (non-hydrogen) atoms. The van der Waals surface area contributed by atoms with Gasteiger partial charge in [0.25, 0.3) is 11.5 Å². The number of halogens is 2. The third kappa shape index (κ3) is 6.54. The van der Waals surface area contributed by atoms with Crippen LogP contribution in [0.2, 0.25) is 5.15 Å². The highest BCUT2D eigenvalue weighted by Gasteiger charge is 2.25. The van der Waals surface area contributed by atoms with Crippen LogP contribution in [0, 0.1) is 12.7 Å². The summed E-state index contributed by atoms with van der Waals surface area (Å²) >= 11 is 6.02. The zero-order valence-electron chi connectivity index (χ0n) is 23.9. The van der Waals surface area contributed by atoms with E-state index in [-0.39, 0.29) is 22.1 Å². The Bertz CT molecular complexity index is 1880. The minimum absolute atomic E-state index is 0.0166. The largest absolute Gasteiger partial charge is 0.377 e. The van der Waals surface area contributed by atoms with Crippen molar-refractivity contribution in [3.8, 4) is 0 Å². The zero-order chi connectivity index (χ0) is 31.1. The minimum Gasteiger partial charge on any atom is -0.377 e. The molecule has 0 aliphatic carbocycles. The Hall–Kier alpha value is -4.30. The fraction of sp³-hybridized carbons (Fsp3) is 0.321. The Balaban J connectivity index is 1.48. The lowest BCUT2D eigenvalue weighted by Crippen LogP contribution is -2.48. The first kappa shape index (κ1) is 30.2. The van der Waals surface area contributed by atoms with Crippen LogP contribution in [0.5, 0.6) is 0 Å². The lowest BCUT2D eigenvalue weighted by Gasteiger charge is -2.36. The number of piperazine rings is 1. The molecule has 1 aliphatic heterocycles. The van der Waals surface area contributed by atoms with Crippen molar-refractivity contribution in [1.82, 2.24) is 24.2 Å². The summed E-state index contributed by atoms with van der Waals surface area (Å²) in [4.78, 5) is 43.6. The molecule has 0 bridgehead atoms. The maximum atomic E-state index is 13.6. The van der Waals surface area contributed by atoms with E-state index in [1.807, 2.05) is 34.4 Å². The van der Waals surface area contributed by atoms with E-state index in [4.69, 9.17) is 16.6 Å². The van der Waals surface area contributed by atoms with Crippen molar-refractivity contribution < 1.29 is 17.6 Å². The number of hydrogen-bond acceptors (Lipinski definition) is 10. The Morgan fingerprint density at radius 2 is 1.77 bits per heavy atom. The molecule has 1 aromatic carbocycles. The van der Waals surface area contributed by atoms with Crippen molar-refractivity contribution >= 4 is 55.9 Å². The van der Waals surface area contributed by atoms with Crippen LogP contribution < -0.4 is 25.4 Å². The van der Waals surface area contributed by atoms with Gasteiger partial charge in [0.2, 0.25) is 16.0 Å². The predicted molar refractivity (Wildman–Crippen MR) is 164 cm³/mol. The van der Waals surface area contributed by atoms with Crippen LogP contribution in [0.4, 0.5) is 21.8 Å². The predicted octanol–water partition coefficient (Wildman–Crippen LogP) is 3.01.